The van der Waals surface area contributed by atoms with Crippen molar-refractivity contribution in [2.75, 3.05) is 5.73 Å². The normalized spacial score (nSPS) is 10.9. The predicted molar refractivity (Wildman–Crippen MR) is 81.1 cm³/mol. The van der Waals surface area contributed by atoms with Crippen LogP contribution < -0.4 is 5.73 Å². The molecule has 3 rings (SSSR count). The van der Waals surface area contributed by atoms with Crippen molar-refractivity contribution in [1.29, 1.82) is 0 Å². The van der Waals surface area contributed by atoms with Gasteiger partial charge in [-0.25, -0.2) is 4.39 Å². The maximum absolute atomic E-state index is 13.4. The summed E-state index contributed by atoms with van der Waals surface area (Å²) >= 11 is 1.61. The largest absolute Gasteiger partial charge is 0.383 e. The molecular weight excluding hydrogens is 273 g/mol. The number of nitrogens with two attached hydrogens (primary N) is 1. The average molecular weight is 287 g/mol. The molecule has 1 aromatic carbocycles. The Morgan fingerprint density at radius 1 is 1.30 bits per heavy atom. The van der Waals surface area contributed by atoms with Crippen LogP contribution in [0, 0.1) is 12.7 Å². The lowest BCUT2D eigenvalue weighted by Crippen LogP contribution is -1.97. The molecule has 20 heavy (non-hydrogen) atoms. The number of nitrogen functional groups attached to an aromatic ring is 1. The Morgan fingerprint density at radius 3 is 2.75 bits per heavy atom. The molecule has 102 valence electrons. The first-order valence-corrected chi connectivity index (χ1v) is 7.08. The number of anilines is 1. The summed E-state index contributed by atoms with van der Waals surface area (Å²) in [6, 6.07) is 8.99. The van der Waals surface area contributed by atoms with E-state index in [9.17, 15) is 4.39 Å². The number of nitrogens with zero attached hydrogens (tertiary/aromatic N) is 2. The first-order chi connectivity index (χ1) is 9.58. The summed E-state index contributed by atoms with van der Waals surface area (Å²) in [7, 11) is 1.81. The minimum Gasteiger partial charge on any atom is -0.383 e. The van der Waals surface area contributed by atoms with Crippen molar-refractivity contribution in [2.24, 2.45) is 7.05 Å². The van der Waals surface area contributed by atoms with E-state index in [0.717, 1.165) is 21.7 Å². The summed E-state index contributed by atoms with van der Waals surface area (Å²) < 4.78 is 15.1. The number of hydrogen-bond acceptors (Lipinski definition) is 3. The molecule has 0 aliphatic rings. The molecule has 5 heteroatoms. The van der Waals surface area contributed by atoms with Crippen molar-refractivity contribution >= 4 is 17.2 Å². The SMILES string of the molecule is Cc1cc(-c2nn(C)c(N)c2-c2cccs2)ccc1F. The highest BCUT2D eigenvalue weighted by Crippen LogP contribution is 2.38. The van der Waals surface area contributed by atoms with E-state index in [2.05, 4.69) is 5.10 Å². The first-order valence-electron chi connectivity index (χ1n) is 6.21. The van der Waals surface area contributed by atoms with E-state index in [-0.39, 0.29) is 5.82 Å². The lowest BCUT2D eigenvalue weighted by Gasteiger charge is -2.03. The van der Waals surface area contributed by atoms with Gasteiger partial charge in [0, 0.05) is 17.5 Å². The maximum atomic E-state index is 13.4. The third-order valence-corrected chi connectivity index (χ3v) is 4.18. The van der Waals surface area contributed by atoms with E-state index < -0.39 is 0 Å². The minimum atomic E-state index is -0.213. The van der Waals surface area contributed by atoms with E-state index in [4.69, 9.17) is 5.73 Å². The maximum Gasteiger partial charge on any atom is 0.130 e. The Labute approximate surface area is 120 Å². The van der Waals surface area contributed by atoms with Crippen molar-refractivity contribution in [3.63, 3.8) is 0 Å². The molecular formula is C15H14FN3S. The molecule has 0 saturated heterocycles. The summed E-state index contributed by atoms with van der Waals surface area (Å²) in [5.41, 5.74) is 9.31. The second kappa shape index (κ2) is 4.76. The van der Waals surface area contributed by atoms with Crippen LogP contribution in [0.5, 0.6) is 0 Å². The highest BCUT2D eigenvalue weighted by atomic mass is 32.1. The Balaban J connectivity index is 2.24. The number of rotatable bonds is 2. The molecule has 3 aromatic rings. The Bertz CT molecular complexity index is 760. The Hall–Kier alpha value is -2.14. The van der Waals surface area contributed by atoms with Gasteiger partial charge in [-0.1, -0.05) is 6.07 Å². The summed E-state index contributed by atoms with van der Waals surface area (Å²) in [5.74, 6) is 0.403. The van der Waals surface area contributed by atoms with Gasteiger partial charge in [-0.2, -0.15) is 5.10 Å². The fourth-order valence-electron chi connectivity index (χ4n) is 2.19. The molecule has 0 radical (unpaired) electrons. The van der Waals surface area contributed by atoms with E-state index in [1.54, 1.807) is 35.1 Å². The van der Waals surface area contributed by atoms with Crippen LogP contribution in [0.25, 0.3) is 21.7 Å². The van der Waals surface area contributed by atoms with Gasteiger partial charge in [-0.3, -0.25) is 4.68 Å². The second-order valence-corrected chi connectivity index (χ2v) is 5.62. The molecule has 0 aliphatic carbocycles. The summed E-state index contributed by atoms with van der Waals surface area (Å²) in [6.07, 6.45) is 0. The Kier molecular flexibility index (Phi) is 3.06. The van der Waals surface area contributed by atoms with Crippen molar-refractivity contribution in [3.05, 3.63) is 47.1 Å². The van der Waals surface area contributed by atoms with Gasteiger partial charge in [0.05, 0.1) is 5.56 Å². The van der Waals surface area contributed by atoms with Gasteiger partial charge in [0.2, 0.25) is 0 Å². The molecule has 0 aliphatic heterocycles. The molecule has 0 atom stereocenters. The molecule has 2 aromatic heterocycles. The van der Waals surface area contributed by atoms with Crippen LogP contribution in [0.4, 0.5) is 10.2 Å². The Morgan fingerprint density at radius 2 is 2.10 bits per heavy atom. The van der Waals surface area contributed by atoms with Gasteiger partial charge in [0.25, 0.3) is 0 Å². The third kappa shape index (κ3) is 2.00. The molecule has 0 amide bonds. The van der Waals surface area contributed by atoms with E-state index >= 15 is 0 Å². The molecule has 0 spiro atoms. The van der Waals surface area contributed by atoms with Gasteiger partial charge in [-0.15, -0.1) is 11.3 Å². The summed E-state index contributed by atoms with van der Waals surface area (Å²) in [5, 5.41) is 6.48. The van der Waals surface area contributed by atoms with Gasteiger partial charge in [0.15, 0.2) is 0 Å². The van der Waals surface area contributed by atoms with Crippen LogP contribution in [0.1, 0.15) is 5.56 Å². The van der Waals surface area contributed by atoms with Crippen LogP contribution in [-0.4, -0.2) is 9.78 Å². The van der Waals surface area contributed by atoms with Crippen LogP contribution in [0.15, 0.2) is 35.7 Å². The molecule has 2 heterocycles. The summed E-state index contributed by atoms with van der Waals surface area (Å²) in [6.45, 7) is 1.75. The lowest BCUT2D eigenvalue weighted by atomic mass is 10.0. The number of thiophene rings is 1. The van der Waals surface area contributed by atoms with Crippen molar-refractivity contribution in [2.45, 2.75) is 6.92 Å². The highest BCUT2D eigenvalue weighted by molar-refractivity contribution is 7.13. The molecule has 2 N–H and O–H groups in total. The van der Waals surface area contributed by atoms with Gasteiger partial charge >= 0.3 is 0 Å². The van der Waals surface area contributed by atoms with E-state index in [1.165, 1.54) is 6.07 Å². The average Bonchev–Trinajstić information content (AvgIpc) is 3.03. The molecule has 3 nitrogen and oxygen atoms in total. The standard InChI is InChI=1S/C15H14FN3S/c1-9-8-10(5-6-11(9)16)14-13(12-4-3-7-20-12)15(17)19(2)18-14/h3-8H,17H2,1-2H3. The lowest BCUT2D eigenvalue weighted by molar-refractivity contribution is 0.618. The van der Waals surface area contributed by atoms with Crippen molar-refractivity contribution in [3.8, 4) is 21.7 Å². The monoisotopic (exact) mass is 287 g/mol. The number of aryl methyl sites for hydroxylation is 2. The molecule has 0 fully saturated rings. The van der Waals surface area contributed by atoms with Crippen LogP contribution in [0.3, 0.4) is 0 Å². The quantitative estimate of drug-likeness (QED) is 0.778. The van der Waals surface area contributed by atoms with Crippen molar-refractivity contribution < 1.29 is 4.39 Å². The van der Waals surface area contributed by atoms with Crippen LogP contribution in [0.2, 0.25) is 0 Å². The fourth-order valence-corrected chi connectivity index (χ4v) is 2.97. The van der Waals surface area contributed by atoms with E-state index in [1.807, 2.05) is 24.6 Å². The van der Waals surface area contributed by atoms with Crippen molar-refractivity contribution in [1.82, 2.24) is 9.78 Å². The molecule has 0 bridgehead atoms. The minimum absolute atomic E-state index is 0.213. The highest BCUT2D eigenvalue weighted by Gasteiger charge is 2.18. The number of benzene rings is 1. The van der Waals surface area contributed by atoms with Crippen LogP contribution in [-0.2, 0) is 7.05 Å². The molecule has 0 unspecified atom stereocenters. The van der Waals surface area contributed by atoms with Crippen LogP contribution >= 0.6 is 11.3 Å². The zero-order valence-electron chi connectivity index (χ0n) is 11.2. The van der Waals surface area contributed by atoms with Gasteiger partial charge in [-0.05, 0) is 42.1 Å². The van der Waals surface area contributed by atoms with Gasteiger partial charge < -0.3 is 5.73 Å². The number of halogens is 1. The zero-order valence-corrected chi connectivity index (χ0v) is 12.0. The van der Waals surface area contributed by atoms with Gasteiger partial charge in [0.1, 0.15) is 17.3 Å². The zero-order chi connectivity index (χ0) is 14.3. The number of hydrogen-bond donors (Lipinski definition) is 1. The second-order valence-electron chi connectivity index (χ2n) is 4.67. The third-order valence-electron chi connectivity index (χ3n) is 3.29. The number of aromatic nitrogens is 2. The first kappa shape index (κ1) is 12.9. The smallest absolute Gasteiger partial charge is 0.130 e. The predicted octanol–water partition coefficient (Wildman–Crippen LogP) is 3.85. The fraction of sp³-hybridized carbons (Fsp3) is 0.133. The van der Waals surface area contributed by atoms with E-state index in [0.29, 0.717) is 11.4 Å². The summed E-state index contributed by atoms with van der Waals surface area (Å²) in [4.78, 5) is 1.06. The topological polar surface area (TPSA) is 43.8 Å². The molecule has 0 saturated carbocycles.